The summed E-state index contributed by atoms with van der Waals surface area (Å²) < 4.78 is 4.60. The summed E-state index contributed by atoms with van der Waals surface area (Å²) in [6.07, 6.45) is 8.34. The Morgan fingerprint density at radius 1 is 1.15 bits per heavy atom. The molecule has 0 aromatic rings. The Morgan fingerprint density at radius 3 is 2.52 bits per heavy atom. The van der Waals surface area contributed by atoms with Crippen LogP contribution in [0.15, 0.2) is 12.2 Å². The molecule has 6 heteroatoms. The van der Waals surface area contributed by atoms with Gasteiger partial charge < -0.3 is 20.1 Å². The van der Waals surface area contributed by atoms with Gasteiger partial charge in [-0.05, 0) is 19.3 Å². The molecule has 0 radical (unpaired) electrons. The van der Waals surface area contributed by atoms with Gasteiger partial charge in [0.05, 0.1) is 19.3 Å². The van der Waals surface area contributed by atoms with Crippen molar-refractivity contribution < 1.29 is 29.6 Å². The average Bonchev–Trinajstić information content (AvgIpc) is 2.86. The third-order valence-electron chi connectivity index (χ3n) is 5.37. The number of carbonyl (C=O) groups is 2. The Hall–Kier alpha value is -1.24. The minimum absolute atomic E-state index is 0.213. The second kappa shape index (κ2) is 13.0. The van der Waals surface area contributed by atoms with E-state index in [-0.39, 0.29) is 11.8 Å². The molecular weight excluding hydrogens is 348 g/mol. The van der Waals surface area contributed by atoms with Crippen molar-refractivity contribution in [2.24, 2.45) is 11.8 Å². The van der Waals surface area contributed by atoms with E-state index in [4.69, 9.17) is 0 Å². The highest BCUT2D eigenvalue weighted by molar-refractivity contribution is 5.89. The maximum atomic E-state index is 12.3. The monoisotopic (exact) mass is 384 g/mol. The molecule has 1 aliphatic rings. The molecule has 0 aromatic carbocycles. The highest BCUT2D eigenvalue weighted by atomic mass is 16.5. The van der Waals surface area contributed by atoms with Gasteiger partial charge in [-0.1, -0.05) is 57.6 Å². The lowest BCUT2D eigenvalue weighted by Crippen LogP contribution is -2.27. The fraction of sp³-hybridized carbons (Fsp3) is 0.810. The summed E-state index contributed by atoms with van der Waals surface area (Å²) in [5.74, 6) is -1.40. The number of carbonyl (C=O) groups excluding carboxylic acids is 2. The number of aliphatic hydroxyl groups is 3. The molecule has 0 saturated heterocycles. The number of hydrogen-bond acceptors (Lipinski definition) is 6. The van der Waals surface area contributed by atoms with Crippen LogP contribution in [0, 0.1) is 11.8 Å². The SMILES string of the molecule is CCCCC[C@@H](O)/C=C/[C@H]1[C@H](O)[C@H](O)C(=O)[C@@H]1CCCCCCC(=O)OC. The van der Waals surface area contributed by atoms with E-state index in [2.05, 4.69) is 11.7 Å². The van der Waals surface area contributed by atoms with Gasteiger partial charge in [0.15, 0.2) is 5.78 Å². The van der Waals surface area contributed by atoms with Gasteiger partial charge in [0.25, 0.3) is 0 Å². The van der Waals surface area contributed by atoms with Gasteiger partial charge in [-0.15, -0.1) is 0 Å². The number of Topliss-reactive ketones (excluding diaryl/α,β-unsaturated/α-hetero) is 1. The smallest absolute Gasteiger partial charge is 0.305 e. The first-order valence-electron chi connectivity index (χ1n) is 10.2. The van der Waals surface area contributed by atoms with Gasteiger partial charge in [0.2, 0.25) is 0 Å². The Bertz CT molecular complexity index is 475. The van der Waals surface area contributed by atoms with Gasteiger partial charge in [-0.2, -0.15) is 0 Å². The Kier molecular flexibility index (Phi) is 11.5. The van der Waals surface area contributed by atoms with Crippen molar-refractivity contribution in [3.05, 3.63) is 12.2 Å². The molecule has 156 valence electrons. The molecule has 3 N–H and O–H groups in total. The van der Waals surface area contributed by atoms with E-state index in [0.29, 0.717) is 19.3 Å². The zero-order valence-corrected chi connectivity index (χ0v) is 16.7. The number of hydrogen-bond donors (Lipinski definition) is 3. The molecular formula is C21H36O6. The topological polar surface area (TPSA) is 104 Å². The number of rotatable bonds is 13. The van der Waals surface area contributed by atoms with Crippen LogP contribution >= 0.6 is 0 Å². The van der Waals surface area contributed by atoms with Crippen LogP contribution in [0.2, 0.25) is 0 Å². The van der Waals surface area contributed by atoms with Gasteiger partial charge in [0, 0.05) is 18.3 Å². The van der Waals surface area contributed by atoms with E-state index >= 15 is 0 Å². The van der Waals surface area contributed by atoms with Gasteiger partial charge in [-0.3, -0.25) is 9.59 Å². The molecule has 1 rings (SSSR count). The first kappa shape index (κ1) is 23.8. The summed E-state index contributed by atoms with van der Waals surface area (Å²) in [7, 11) is 1.37. The molecule has 0 unspecified atom stereocenters. The van der Waals surface area contributed by atoms with Crippen molar-refractivity contribution in [1.82, 2.24) is 0 Å². The normalized spacial score (nSPS) is 26.6. The molecule has 0 heterocycles. The Balaban J connectivity index is 2.46. The number of aliphatic hydroxyl groups excluding tert-OH is 3. The van der Waals surface area contributed by atoms with E-state index in [1.54, 1.807) is 12.2 Å². The average molecular weight is 385 g/mol. The van der Waals surface area contributed by atoms with Crippen molar-refractivity contribution in [3.63, 3.8) is 0 Å². The van der Waals surface area contributed by atoms with Crippen LogP contribution < -0.4 is 0 Å². The summed E-state index contributed by atoms with van der Waals surface area (Å²) in [5.41, 5.74) is 0. The first-order chi connectivity index (χ1) is 12.9. The number of ether oxygens (including phenoxy) is 1. The zero-order chi connectivity index (χ0) is 20.2. The van der Waals surface area contributed by atoms with Crippen LogP contribution in [0.5, 0.6) is 0 Å². The summed E-state index contributed by atoms with van der Waals surface area (Å²) in [6, 6.07) is 0. The van der Waals surface area contributed by atoms with Crippen LogP contribution in [-0.4, -0.2) is 52.5 Å². The van der Waals surface area contributed by atoms with Crippen molar-refractivity contribution >= 4 is 11.8 Å². The fourth-order valence-corrected chi connectivity index (χ4v) is 3.65. The maximum Gasteiger partial charge on any atom is 0.305 e. The lowest BCUT2D eigenvalue weighted by Gasteiger charge is -2.18. The molecule has 0 amide bonds. The van der Waals surface area contributed by atoms with Crippen molar-refractivity contribution in [1.29, 1.82) is 0 Å². The minimum Gasteiger partial charge on any atom is -0.469 e. The van der Waals surface area contributed by atoms with Crippen LogP contribution in [-0.2, 0) is 14.3 Å². The van der Waals surface area contributed by atoms with E-state index in [1.165, 1.54) is 7.11 Å². The molecule has 0 aliphatic heterocycles. The first-order valence-corrected chi connectivity index (χ1v) is 10.2. The van der Waals surface area contributed by atoms with Crippen LogP contribution in [0.1, 0.15) is 71.1 Å². The summed E-state index contributed by atoms with van der Waals surface area (Å²) >= 11 is 0. The standard InChI is InChI=1S/C21H36O6/c1-3-4-7-10-15(22)13-14-17-16(19(24)21(26)20(17)25)11-8-5-6-9-12-18(23)27-2/h13-17,20-22,25-26H,3-12H2,1-2H3/b14-13+/t15-,16-,17-,20+,21-/m1/s1. The Morgan fingerprint density at radius 2 is 1.85 bits per heavy atom. The highest BCUT2D eigenvalue weighted by Crippen LogP contribution is 2.34. The Labute approximate surface area is 162 Å². The number of methoxy groups -OCH3 is 1. The molecule has 6 nitrogen and oxygen atoms in total. The number of esters is 1. The third-order valence-corrected chi connectivity index (χ3v) is 5.37. The molecule has 0 aromatic heterocycles. The maximum absolute atomic E-state index is 12.3. The summed E-state index contributed by atoms with van der Waals surface area (Å²) in [4.78, 5) is 23.3. The van der Waals surface area contributed by atoms with Crippen LogP contribution in [0.25, 0.3) is 0 Å². The quantitative estimate of drug-likeness (QED) is 0.256. The molecule has 1 saturated carbocycles. The van der Waals surface area contributed by atoms with Crippen molar-refractivity contribution in [3.8, 4) is 0 Å². The predicted molar refractivity (Wildman–Crippen MR) is 103 cm³/mol. The molecule has 0 spiro atoms. The van der Waals surface area contributed by atoms with Crippen LogP contribution in [0.3, 0.4) is 0 Å². The molecule has 27 heavy (non-hydrogen) atoms. The van der Waals surface area contributed by atoms with Gasteiger partial charge >= 0.3 is 5.97 Å². The lowest BCUT2D eigenvalue weighted by molar-refractivity contribution is -0.140. The number of ketones is 1. The largest absolute Gasteiger partial charge is 0.469 e. The van der Waals surface area contributed by atoms with E-state index in [9.17, 15) is 24.9 Å². The lowest BCUT2D eigenvalue weighted by atomic mass is 9.88. The summed E-state index contributed by atoms with van der Waals surface area (Å²) in [5, 5.41) is 30.2. The fourth-order valence-electron chi connectivity index (χ4n) is 3.65. The molecule has 1 aliphatic carbocycles. The third kappa shape index (κ3) is 8.11. The number of unbranched alkanes of at least 4 members (excludes halogenated alkanes) is 5. The van der Waals surface area contributed by atoms with Crippen molar-refractivity contribution in [2.45, 2.75) is 89.4 Å². The molecule has 5 atom stereocenters. The predicted octanol–water partition coefficient (Wildman–Crippen LogP) is 2.53. The molecule has 0 bridgehead atoms. The van der Waals surface area contributed by atoms with Gasteiger partial charge in [0.1, 0.15) is 6.10 Å². The van der Waals surface area contributed by atoms with Gasteiger partial charge in [-0.25, -0.2) is 0 Å². The van der Waals surface area contributed by atoms with E-state index in [1.807, 2.05) is 0 Å². The second-order valence-electron chi connectivity index (χ2n) is 7.50. The van der Waals surface area contributed by atoms with Crippen LogP contribution in [0.4, 0.5) is 0 Å². The minimum atomic E-state index is -1.35. The molecule has 1 fully saturated rings. The van der Waals surface area contributed by atoms with Crippen molar-refractivity contribution in [2.75, 3.05) is 7.11 Å². The van der Waals surface area contributed by atoms with E-state index in [0.717, 1.165) is 44.9 Å². The highest BCUT2D eigenvalue weighted by Gasteiger charge is 2.46. The zero-order valence-electron chi connectivity index (χ0n) is 16.7. The summed E-state index contributed by atoms with van der Waals surface area (Å²) in [6.45, 7) is 2.10. The second-order valence-corrected chi connectivity index (χ2v) is 7.50. The van der Waals surface area contributed by atoms with E-state index < -0.39 is 30.1 Å².